The number of aromatic amines is 1. The number of hydrogen-bond donors (Lipinski definition) is 3. The SMILES string of the molecule is C#Cc1c(F)ccc2cc(O)cc(-c3ncc4c(N5CC6CCC(C5)N6)nc(-c5ccn[nH]5)c(C)c4c3F)c12. The third-order valence-electron chi connectivity index (χ3n) is 7.93. The monoisotopic (exact) mass is 522 g/mol. The number of phenolic OH excluding ortho intramolecular Hbond substituents is 1. The van der Waals surface area contributed by atoms with E-state index >= 15 is 4.39 Å². The highest BCUT2D eigenvalue weighted by molar-refractivity contribution is 6.04. The number of hydrogen-bond acceptors (Lipinski definition) is 6. The molecular weight excluding hydrogens is 498 g/mol. The van der Waals surface area contributed by atoms with Crippen LogP contribution in [0, 0.1) is 30.9 Å². The fourth-order valence-corrected chi connectivity index (χ4v) is 6.19. The van der Waals surface area contributed by atoms with Crippen LogP contribution in [-0.2, 0) is 0 Å². The summed E-state index contributed by atoms with van der Waals surface area (Å²) in [6, 6.07) is 8.11. The highest BCUT2D eigenvalue weighted by atomic mass is 19.1. The number of benzene rings is 2. The van der Waals surface area contributed by atoms with Crippen LogP contribution in [0.1, 0.15) is 24.0 Å². The van der Waals surface area contributed by atoms with E-state index < -0.39 is 11.6 Å². The minimum atomic E-state index is -0.601. The molecule has 9 heteroatoms. The number of H-pyrrole nitrogens is 1. The molecule has 3 aromatic heterocycles. The maximum absolute atomic E-state index is 16.8. The number of rotatable bonds is 3. The van der Waals surface area contributed by atoms with E-state index in [1.807, 2.05) is 6.92 Å². The standard InChI is InChI=1S/C30H24F2N6O/c1-3-20-23(31)7-4-16-10-19(39)11-21(26(16)20)29-27(32)25-15(2)28(24-8-9-34-37-24)36-30(22(25)12-33-29)38-13-17-5-6-18(14-38)35-17/h1,4,7-12,17-18,35,39H,5-6,13-14H2,2H3,(H,34,37). The lowest BCUT2D eigenvalue weighted by Gasteiger charge is -2.34. The van der Waals surface area contributed by atoms with Crippen LogP contribution >= 0.6 is 0 Å². The summed E-state index contributed by atoms with van der Waals surface area (Å²) >= 11 is 0. The van der Waals surface area contributed by atoms with Crippen LogP contribution in [-0.4, -0.2) is 50.4 Å². The number of terminal acetylenes is 1. The molecule has 2 saturated heterocycles. The van der Waals surface area contributed by atoms with Crippen LogP contribution in [0.4, 0.5) is 14.6 Å². The average Bonchev–Trinajstić information content (AvgIpc) is 3.58. The molecule has 5 aromatic rings. The molecule has 0 aliphatic carbocycles. The first-order chi connectivity index (χ1) is 18.9. The molecule has 0 spiro atoms. The molecule has 0 saturated carbocycles. The van der Waals surface area contributed by atoms with Crippen LogP contribution in [0.2, 0.25) is 0 Å². The van der Waals surface area contributed by atoms with Gasteiger partial charge in [-0.2, -0.15) is 5.10 Å². The van der Waals surface area contributed by atoms with Gasteiger partial charge in [0.15, 0.2) is 5.82 Å². The van der Waals surface area contributed by atoms with Crippen LogP contribution in [0.15, 0.2) is 42.7 Å². The van der Waals surface area contributed by atoms with Crippen molar-refractivity contribution >= 4 is 27.4 Å². The van der Waals surface area contributed by atoms with E-state index in [0.29, 0.717) is 56.4 Å². The number of aromatic hydroxyl groups is 1. The molecule has 2 aliphatic rings. The van der Waals surface area contributed by atoms with E-state index in [4.69, 9.17) is 11.4 Å². The Kier molecular flexibility index (Phi) is 5.28. The fourth-order valence-electron chi connectivity index (χ4n) is 6.19. The molecule has 2 aliphatic heterocycles. The quantitative estimate of drug-likeness (QED) is 0.287. The smallest absolute Gasteiger partial charge is 0.157 e. The number of anilines is 1. The summed E-state index contributed by atoms with van der Waals surface area (Å²) in [6.07, 6.45) is 11.1. The lowest BCUT2D eigenvalue weighted by molar-refractivity contribution is 0.464. The van der Waals surface area contributed by atoms with Crippen LogP contribution in [0.25, 0.3) is 44.2 Å². The van der Waals surface area contributed by atoms with E-state index in [-0.39, 0.29) is 22.6 Å². The summed E-state index contributed by atoms with van der Waals surface area (Å²) < 4.78 is 31.5. The van der Waals surface area contributed by atoms with Crippen molar-refractivity contribution in [2.24, 2.45) is 0 Å². The molecule has 2 fully saturated rings. The van der Waals surface area contributed by atoms with Gasteiger partial charge in [-0.15, -0.1) is 6.42 Å². The molecule has 39 heavy (non-hydrogen) atoms. The Bertz CT molecular complexity index is 1820. The minimum Gasteiger partial charge on any atom is -0.508 e. The van der Waals surface area contributed by atoms with Crippen molar-refractivity contribution in [1.82, 2.24) is 25.5 Å². The molecule has 3 N–H and O–H groups in total. The van der Waals surface area contributed by atoms with Gasteiger partial charge < -0.3 is 15.3 Å². The third kappa shape index (κ3) is 3.63. The molecule has 2 bridgehead atoms. The van der Waals surface area contributed by atoms with Crippen molar-refractivity contribution in [2.75, 3.05) is 18.0 Å². The number of piperazine rings is 1. The normalized spacial score (nSPS) is 18.7. The second kappa shape index (κ2) is 8.75. The molecule has 0 amide bonds. The van der Waals surface area contributed by atoms with Gasteiger partial charge in [0.1, 0.15) is 23.1 Å². The van der Waals surface area contributed by atoms with Gasteiger partial charge in [-0.05, 0) is 55.0 Å². The van der Waals surface area contributed by atoms with E-state index in [2.05, 4.69) is 31.3 Å². The van der Waals surface area contributed by atoms with Crippen molar-refractivity contribution in [2.45, 2.75) is 31.8 Å². The Morgan fingerprint density at radius 1 is 1.08 bits per heavy atom. The molecular formula is C30H24F2N6O. The van der Waals surface area contributed by atoms with Gasteiger partial charge in [0, 0.05) is 59.3 Å². The van der Waals surface area contributed by atoms with E-state index in [9.17, 15) is 9.50 Å². The van der Waals surface area contributed by atoms with Gasteiger partial charge in [-0.3, -0.25) is 10.1 Å². The Labute approximate surface area is 222 Å². The van der Waals surface area contributed by atoms with E-state index in [1.54, 1.807) is 18.5 Å². The zero-order valence-corrected chi connectivity index (χ0v) is 21.1. The highest BCUT2D eigenvalue weighted by Gasteiger charge is 2.34. The van der Waals surface area contributed by atoms with Gasteiger partial charge in [0.25, 0.3) is 0 Å². The first-order valence-corrected chi connectivity index (χ1v) is 12.8. The number of pyridine rings is 2. The van der Waals surface area contributed by atoms with Gasteiger partial charge in [-0.1, -0.05) is 12.0 Å². The number of aryl methyl sites for hydroxylation is 1. The van der Waals surface area contributed by atoms with Crippen molar-refractivity contribution in [1.29, 1.82) is 0 Å². The predicted molar refractivity (Wildman–Crippen MR) is 146 cm³/mol. The number of nitrogens with one attached hydrogen (secondary N) is 2. The first-order valence-electron chi connectivity index (χ1n) is 12.8. The summed E-state index contributed by atoms with van der Waals surface area (Å²) in [5, 5.41) is 22.9. The Morgan fingerprint density at radius 2 is 1.87 bits per heavy atom. The number of halogens is 2. The number of fused-ring (bicyclic) bond motifs is 4. The van der Waals surface area contributed by atoms with Gasteiger partial charge in [0.05, 0.1) is 17.0 Å². The molecule has 194 valence electrons. The lowest BCUT2D eigenvalue weighted by Crippen LogP contribution is -2.51. The second-order valence-corrected chi connectivity index (χ2v) is 10.3. The number of nitrogens with zero attached hydrogens (tertiary/aromatic N) is 4. The average molecular weight is 523 g/mol. The van der Waals surface area contributed by atoms with Gasteiger partial charge in [0.2, 0.25) is 0 Å². The van der Waals surface area contributed by atoms with Crippen molar-refractivity contribution < 1.29 is 13.9 Å². The summed E-state index contributed by atoms with van der Waals surface area (Å²) in [7, 11) is 0. The van der Waals surface area contributed by atoms with Gasteiger partial charge in [-0.25, -0.2) is 13.8 Å². The topological polar surface area (TPSA) is 90.0 Å². The minimum absolute atomic E-state index is 0.00891. The summed E-state index contributed by atoms with van der Waals surface area (Å²) in [5.74, 6) is 1.75. The molecule has 7 nitrogen and oxygen atoms in total. The van der Waals surface area contributed by atoms with Crippen LogP contribution in [0.3, 0.4) is 0 Å². The third-order valence-corrected chi connectivity index (χ3v) is 7.93. The zero-order valence-electron chi connectivity index (χ0n) is 21.1. The van der Waals surface area contributed by atoms with Crippen molar-refractivity contribution in [3.8, 4) is 40.7 Å². The van der Waals surface area contributed by atoms with Crippen molar-refractivity contribution in [3.05, 3.63) is 65.5 Å². The van der Waals surface area contributed by atoms with E-state index in [1.165, 1.54) is 24.3 Å². The number of phenols is 1. The van der Waals surface area contributed by atoms with E-state index in [0.717, 1.165) is 25.9 Å². The molecule has 2 aromatic carbocycles. The van der Waals surface area contributed by atoms with Crippen LogP contribution in [0.5, 0.6) is 5.75 Å². The summed E-state index contributed by atoms with van der Waals surface area (Å²) in [6.45, 7) is 3.33. The largest absolute Gasteiger partial charge is 0.508 e. The number of aromatic nitrogens is 4. The fraction of sp³-hybridized carbons (Fsp3) is 0.233. The second-order valence-electron chi connectivity index (χ2n) is 10.3. The lowest BCUT2D eigenvalue weighted by atomic mass is 9.94. The maximum atomic E-state index is 16.8. The Balaban J connectivity index is 1.53. The Morgan fingerprint density at radius 3 is 2.59 bits per heavy atom. The van der Waals surface area contributed by atoms with Crippen LogP contribution < -0.4 is 10.2 Å². The highest BCUT2D eigenvalue weighted by Crippen LogP contribution is 2.41. The molecule has 0 radical (unpaired) electrons. The van der Waals surface area contributed by atoms with Gasteiger partial charge >= 0.3 is 0 Å². The molecule has 2 unspecified atom stereocenters. The summed E-state index contributed by atoms with van der Waals surface area (Å²) in [4.78, 5) is 11.8. The zero-order chi connectivity index (χ0) is 26.8. The summed E-state index contributed by atoms with van der Waals surface area (Å²) in [5.41, 5.74) is 2.06. The molecule has 7 rings (SSSR count). The molecule has 2 atom stereocenters. The Hall–Kier alpha value is -4.55. The first kappa shape index (κ1) is 23.6. The predicted octanol–water partition coefficient (Wildman–Crippen LogP) is 5.05. The molecule has 5 heterocycles. The maximum Gasteiger partial charge on any atom is 0.157 e. The van der Waals surface area contributed by atoms with Crippen molar-refractivity contribution in [3.63, 3.8) is 0 Å².